The molecule has 0 aromatic heterocycles. The number of hydrogen-bond donors (Lipinski definition) is 3. The van der Waals surface area contributed by atoms with Gasteiger partial charge in [-0.1, -0.05) is 287 Å². The van der Waals surface area contributed by atoms with E-state index in [-0.39, 0.29) is 25.7 Å². The number of aliphatic hydroxyl groups excluding tert-OH is 1. The topological polar surface area (TPSA) is 237 Å². The third-order valence-electron chi connectivity index (χ3n) is 15.8. The summed E-state index contributed by atoms with van der Waals surface area (Å²) < 4.78 is 68.2. The van der Waals surface area contributed by atoms with Crippen LogP contribution in [-0.2, 0) is 65.4 Å². The number of aliphatic hydroxyl groups is 1. The van der Waals surface area contributed by atoms with E-state index in [1.165, 1.54) is 135 Å². The van der Waals surface area contributed by atoms with Crippen molar-refractivity contribution in [1.82, 2.24) is 0 Å². The molecule has 17 nitrogen and oxygen atoms in total. The molecule has 2 unspecified atom stereocenters. The summed E-state index contributed by atoms with van der Waals surface area (Å²) in [4.78, 5) is 72.4. The molecule has 0 aromatic carbocycles. The Balaban J connectivity index is 5.22. The van der Waals surface area contributed by atoms with Gasteiger partial charge >= 0.3 is 39.5 Å². The van der Waals surface area contributed by atoms with Gasteiger partial charge in [0.25, 0.3) is 0 Å². The lowest BCUT2D eigenvalue weighted by Crippen LogP contribution is -2.30. The van der Waals surface area contributed by atoms with Crippen LogP contribution in [0, 0.1) is 23.7 Å². The van der Waals surface area contributed by atoms with Crippen molar-refractivity contribution in [2.24, 2.45) is 23.7 Å². The van der Waals surface area contributed by atoms with E-state index in [2.05, 4.69) is 55.4 Å². The van der Waals surface area contributed by atoms with Crippen molar-refractivity contribution in [2.45, 2.75) is 356 Å². The normalized spacial score (nSPS) is 14.3. The lowest BCUT2D eigenvalue weighted by Gasteiger charge is -2.21. The van der Waals surface area contributed by atoms with Crippen molar-refractivity contribution in [3.05, 3.63) is 0 Å². The van der Waals surface area contributed by atoms with Crippen molar-refractivity contribution in [3.8, 4) is 0 Å². The van der Waals surface area contributed by atoms with Crippen LogP contribution in [0.3, 0.4) is 0 Å². The minimum atomic E-state index is -4.95. The molecule has 0 aromatic rings. The summed E-state index contributed by atoms with van der Waals surface area (Å²) in [7, 11) is -9.90. The molecule has 5 atom stereocenters. The van der Waals surface area contributed by atoms with Crippen LogP contribution < -0.4 is 0 Å². The van der Waals surface area contributed by atoms with E-state index in [9.17, 15) is 43.2 Å². The molecule has 88 heavy (non-hydrogen) atoms. The first-order chi connectivity index (χ1) is 42.1. The first kappa shape index (κ1) is 86.1. The fourth-order valence-corrected chi connectivity index (χ4v) is 11.9. The third-order valence-corrected chi connectivity index (χ3v) is 17.7. The van der Waals surface area contributed by atoms with E-state index < -0.39 is 97.5 Å². The number of rotatable bonds is 66. The van der Waals surface area contributed by atoms with Crippen LogP contribution in [0.25, 0.3) is 0 Å². The van der Waals surface area contributed by atoms with Gasteiger partial charge in [0.05, 0.1) is 26.4 Å². The van der Waals surface area contributed by atoms with Crippen LogP contribution in [0.4, 0.5) is 0 Å². The summed E-state index contributed by atoms with van der Waals surface area (Å²) in [6.45, 7) is 14.0. The van der Waals surface area contributed by atoms with Crippen LogP contribution >= 0.6 is 15.6 Å². The average molecular weight is 1300 g/mol. The number of ether oxygens (including phenoxy) is 4. The van der Waals surface area contributed by atoms with Gasteiger partial charge in [0.15, 0.2) is 12.2 Å². The molecule has 0 saturated heterocycles. The third kappa shape index (κ3) is 62.8. The molecule has 0 amide bonds. The highest BCUT2D eigenvalue weighted by Crippen LogP contribution is 2.45. The molecule has 522 valence electrons. The number of phosphoric acid groups is 2. The van der Waals surface area contributed by atoms with E-state index in [0.717, 1.165) is 114 Å². The van der Waals surface area contributed by atoms with Crippen molar-refractivity contribution >= 4 is 39.5 Å². The monoisotopic (exact) mass is 1300 g/mol. The number of carbonyl (C=O) groups excluding carboxylic acids is 4. The molecule has 0 radical (unpaired) electrons. The Bertz CT molecular complexity index is 1750. The Kier molecular flexibility index (Phi) is 57.6. The molecule has 0 aliphatic heterocycles. The maximum Gasteiger partial charge on any atom is 0.472 e. The van der Waals surface area contributed by atoms with Gasteiger partial charge in [0.2, 0.25) is 0 Å². The maximum absolute atomic E-state index is 13.0. The van der Waals surface area contributed by atoms with Crippen molar-refractivity contribution < 1.29 is 80.2 Å². The second kappa shape index (κ2) is 58.8. The highest BCUT2D eigenvalue weighted by atomic mass is 31.2. The Labute approximate surface area is 537 Å². The van der Waals surface area contributed by atoms with E-state index in [1.807, 2.05) is 0 Å². The predicted octanol–water partition coefficient (Wildman–Crippen LogP) is 19.3. The first-order valence-electron chi connectivity index (χ1n) is 35.7. The highest BCUT2D eigenvalue weighted by Gasteiger charge is 2.30. The fraction of sp³-hybridized carbons (Fsp3) is 0.942. The molecule has 3 N–H and O–H groups in total. The van der Waals surface area contributed by atoms with Gasteiger partial charge in [0.1, 0.15) is 19.3 Å². The Morgan fingerprint density at radius 3 is 0.705 bits per heavy atom. The molecule has 0 spiro atoms. The number of esters is 4. The number of carbonyl (C=O) groups is 4. The summed E-state index contributed by atoms with van der Waals surface area (Å²) >= 11 is 0. The summed E-state index contributed by atoms with van der Waals surface area (Å²) in [5.41, 5.74) is 0. The molecule has 0 aliphatic rings. The molecule has 0 rings (SSSR count). The largest absolute Gasteiger partial charge is 0.472 e. The van der Waals surface area contributed by atoms with E-state index >= 15 is 0 Å². The van der Waals surface area contributed by atoms with Gasteiger partial charge < -0.3 is 33.8 Å². The lowest BCUT2D eigenvalue weighted by atomic mass is 10.0. The zero-order valence-electron chi connectivity index (χ0n) is 57.3. The molecule has 0 saturated carbocycles. The second-order valence-corrected chi connectivity index (χ2v) is 29.7. The minimum Gasteiger partial charge on any atom is -0.462 e. The predicted molar refractivity (Wildman–Crippen MR) is 354 cm³/mol. The molecule has 0 bridgehead atoms. The SMILES string of the molecule is CC(C)CCCCCCCCCCCCCCCCC(=O)O[C@H](COC(=O)CCCCCCCCC(C)C)COP(=O)(O)OC[C@H](O)COP(=O)(O)OC[C@@H](COC(=O)CCCCCCCCCCC(C)C)OC(=O)CCCCCCCCCCC(C)C. The van der Waals surface area contributed by atoms with E-state index in [1.54, 1.807) is 0 Å². The maximum atomic E-state index is 13.0. The number of phosphoric ester groups is 2. The van der Waals surface area contributed by atoms with Crippen LogP contribution in [0.1, 0.15) is 338 Å². The van der Waals surface area contributed by atoms with Gasteiger partial charge in [-0.15, -0.1) is 0 Å². The lowest BCUT2D eigenvalue weighted by molar-refractivity contribution is -0.161. The Morgan fingerprint density at radius 1 is 0.284 bits per heavy atom. The number of unbranched alkanes of at least 4 members (excludes halogenated alkanes) is 32. The van der Waals surface area contributed by atoms with Crippen molar-refractivity contribution in [2.75, 3.05) is 39.6 Å². The summed E-state index contributed by atoms with van der Waals surface area (Å²) in [5, 5.41) is 10.6. The first-order valence-corrected chi connectivity index (χ1v) is 38.7. The van der Waals surface area contributed by atoms with Gasteiger partial charge in [-0.25, -0.2) is 9.13 Å². The summed E-state index contributed by atoms with van der Waals surface area (Å²) in [6, 6.07) is 0. The summed E-state index contributed by atoms with van der Waals surface area (Å²) in [6.07, 6.45) is 40.6. The quantitative estimate of drug-likeness (QED) is 0.0222. The highest BCUT2D eigenvalue weighted by molar-refractivity contribution is 7.47. The van der Waals surface area contributed by atoms with Gasteiger partial charge in [0, 0.05) is 25.7 Å². The molecule has 0 heterocycles. The molecule has 0 aliphatic carbocycles. The molecular weight excluding hydrogens is 1160 g/mol. The Hall–Kier alpha value is -1.94. The zero-order chi connectivity index (χ0) is 65.4. The van der Waals surface area contributed by atoms with Gasteiger partial charge in [-0.2, -0.15) is 0 Å². The van der Waals surface area contributed by atoms with E-state index in [4.69, 9.17) is 37.0 Å². The van der Waals surface area contributed by atoms with Crippen LogP contribution in [0.15, 0.2) is 0 Å². The van der Waals surface area contributed by atoms with Crippen LogP contribution in [0.5, 0.6) is 0 Å². The van der Waals surface area contributed by atoms with Gasteiger partial charge in [-0.3, -0.25) is 37.3 Å². The smallest absolute Gasteiger partial charge is 0.462 e. The van der Waals surface area contributed by atoms with Crippen LogP contribution in [0.2, 0.25) is 0 Å². The summed E-state index contributed by atoms with van der Waals surface area (Å²) in [5.74, 6) is 0.785. The van der Waals surface area contributed by atoms with Crippen molar-refractivity contribution in [1.29, 1.82) is 0 Å². The molecule has 0 fully saturated rings. The minimum absolute atomic E-state index is 0.103. The molecule has 19 heteroatoms. The Morgan fingerprint density at radius 2 is 0.477 bits per heavy atom. The van der Waals surface area contributed by atoms with E-state index in [0.29, 0.717) is 31.6 Å². The molecular formula is C69H134O17P2. The average Bonchev–Trinajstić information content (AvgIpc) is 3.61. The fourth-order valence-electron chi connectivity index (χ4n) is 10.3. The van der Waals surface area contributed by atoms with Crippen molar-refractivity contribution in [3.63, 3.8) is 0 Å². The zero-order valence-corrected chi connectivity index (χ0v) is 59.1. The van der Waals surface area contributed by atoms with Crippen LogP contribution in [-0.4, -0.2) is 96.7 Å². The number of hydrogen-bond acceptors (Lipinski definition) is 15. The second-order valence-electron chi connectivity index (χ2n) is 26.8. The standard InChI is InChI=1S/C69H134O17P2/c1-59(2)45-37-29-21-15-13-11-9-10-12-14-16-25-35-43-51-68(73)85-65(56-80-67(72)50-42-34-28-27-32-40-48-62(7)8)58-84-88(77,78)82-54-63(70)53-81-87(75,76)83-57-64(86-69(74)52-44-36-26-20-18-23-31-39-47-61(5)6)55-79-66(71)49-41-33-24-19-17-22-30-38-46-60(3)4/h59-65,70H,9-58H2,1-8H3,(H,75,76)(H,77,78)/t63-,64-,65-/m1/s1. The van der Waals surface area contributed by atoms with Gasteiger partial charge in [-0.05, 0) is 49.4 Å².